The summed E-state index contributed by atoms with van der Waals surface area (Å²) in [5.74, 6) is -0.0612. The van der Waals surface area contributed by atoms with Crippen molar-refractivity contribution in [2.75, 3.05) is 0 Å². The van der Waals surface area contributed by atoms with Crippen molar-refractivity contribution in [2.45, 2.75) is 19.7 Å². The second-order valence-corrected chi connectivity index (χ2v) is 10.1. The number of pyridine rings is 1. The van der Waals surface area contributed by atoms with Crippen LogP contribution in [0.2, 0.25) is 0 Å². The molecule has 0 spiro atoms. The van der Waals surface area contributed by atoms with E-state index < -0.39 is 5.89 Å². The monoisotopic (exact) mass is 752 g/mol. The molecule has 0 amide bonds. The summed E-state index contributed by atoms with van der Waals surface area (Å²) in [7, 11) is 0. The first-order chi connectivity index (χ1) is 21.5. The predicted molar refractivity (Wildman–Crippen MR) is 169 cm³/mol. The van der Waals surface area contributed by atoms with Gasteiger partial charge in [-0.1, -0.05) is 67.3 Å². The second kappa shape index (κ2) is 12.7. The van der Waals surface area contributed by atoms with E-state index in [1.165, 1.54) is 0 Å². The Hall–Kier alpha value is -5.04. The molecule has 0 aliphatic rings. The van der Waals surface area contributed by atoms with Gasteiger partial charge in [-0.25, -0.2) is 0 Å². The summed E-state index contributed by atoms with van der Waals surface area (Å²) in [6.07, 6.45) is 3.45. The minimum atomic E-state index is -0.713. The van der Waals surface area contributed by atoms with Crippen molar-refractivity contribution in [3.8, 4) is 28.3 Å². The molecule has 217 valence electrons. The van der Waals surface area contributed by atoms with Gasteiger partial charge in [-0.15, -0.1) is 64.3 Å². The van der Waals surface area contributed by atoms with E-state index in [-0.39, 0.29) is 20.1 Å². The summed E-state index contributed by atoms with van der Waals surface area (Å²) in [6.45, 7) is 3.74. The van der Waals surface area contributed by atoms with Crippen LogP contribution in [0.3, 0.4) is 0 Å². The van der Waals surface area contributed by atoms with Crippen LogP contribution in [0, 0.1) is 12.1 Å². The van der Waals surface area contributed by atoms with Gasteiger partial charge in [0.2, 0.25) is 0 Å². The van der Waals surface area contributed by atoms with Gasteiger partial charge in [0.25, 0.3) is 0 Å². The van der Waals surface area contributed by atoms with E-state index in [1.54, 1.807) is 12.4 Å². The van der Waals surface area contributed by atoms with E-state index >= 15 is 0 Å². The molecule has 0 bridgehead atoms. The maximum Gasteiger partial charge on any atom is 0.194 e. The molecule has 0 saturated carbocycles. The Morgan fingerprint density at radius 2 is 1.70 bits per heavy atom. The van der Waals surface area contributed by atoms with Gasteiger partial charge in [0.1, 0.15) is 11.1 Å². The molecular formula is C36H26IrN6O-2. The summed E-state index contributed by atoms with van der Waals surface area (Å²) in [5.41, 5.74) is 7.24. The average molecular weight is 752 g/mol. The van der Waals surface area contributed by atoms with Gasteiger partial charge < -0.3 is 14.0 Å². The number of nitrogens with zero attached hydrogens (tertiary/aromatic N) is 6. The summed E-state index contributed by atoms with van der Waals surface area (Å²) < 4.78 is 16.7. The third kappa shape index (κ3) is 5.53. The molecule has 8 rings (SSSR count). The van der Waals surface area contributed by atoms with Crippen LogP contribution >= 0.6 is 0 Å². The van der Waals surface area contributed by atoms with Crippen LogP contribution in [-0.4, -0.2) is 29.9 Å². The molecule has 8 aromatic rings. The Bertz CT molecular complexity index is 2170. The number of rotatable bonds is 4. The van der Waals surface area contributed by atoms with Gasteiger partial charge in [-0.2, -0.15) is 0 Å². The number of benzene rings is 4. The van der Waals surface area contributed by atoms with Crippen LogP contribution in [0.1, 0.15) is 26.7 Å². The number of fused-ring (bicyclic) bond motifs is 4. The number of imidazole rings is 1. The summed E-state index contributed by atoms with van der Waals surface area (Å²) in [5, 5.41) is 13.8. The van der Waals surface area contributed by atoms with E-state index in [0.717, 1.165) is 49.9 Å². The van der Waals surface area contributed by atoms with E-state index in [0.29, 0.717) is 17.1 Å². The number of hydrogen-bond acceptors (Lipinski definition) is 6. The molecule has 7 nitrogen and oxygen atoms in total. The van der Waals surface area contributed by atoms with Crippen LogP contribution in [0.4, 0.5) is 0 Å². The van der Waals surface area contributed by atoms with E-state index in [1.807, 2.05) is 122 Å². The standard InChI is InChI=1S/C25H18N5O.C11H8N.Ir/c1-15(2)16-11-12-18-19-9-6-10-20(23(19)31-22(18)13-16)25-27-24-21(14-26-29-28-24)30(25)17-7-4-3-5-8-17;1-2-6-10(7-3-1)11-8-4-5-9-12-11;/h3-9,11-15H,1-2H3;1-6,8-9H;/q2*-1;/i15D;;. The Kier molecular flexibility index (Phi) is 8.00. The van der Waals surface area contributed by atoms with Crippen molar-refractivity contribution < 1.29 is 25.9 Å². The molecule has 0 unspecified atom stereocenters. The van der Waals surface area contributed by atoms with Crippen LogP contribution < -0.4 is 0 Å². The van der Waals surface area contributed by atoms with E-state index in [2.05, 4.69) is 32.5 Å². The molecule has 0 N–H and O–H groups in total. The number of hydrogen-bond donors (Lipinski definition) is 0. The Labute approximate surface area is 269 Å². The minimum absolute atomic E-state index is 0. The minimum Gasteiger partial charge on any atom is -0.501 e. The van der Waals surface area contributed by atoms with Gasteiger partial charge in [-0.05, 0) is 46.6 Å². The molecule has 0 saturated heterocycles. The zero-order valence-electron chi connectivity index (χ0n) is 24.9. The van der Waals surface area contributed by atoms with Gasteiger partial charge in [0, 0.05) is 38.7 Å². The molecule has 0 aliphatic heterocycles. The molecule has 4 aromatic heterocycles. The molecular weight excluding hydrogens is 725 g/mol. The van der Waals surface area contributed by atoms with Crippen LogP contribution in [0.5, 0.6) is 0 Å². The molecule has 0 atom stereocenters. The SMILES string of the molecule is [2H]C(C)(C)c1ccc2c(c1)oc1c(-c3nc4nnncc4n3-c3ccccc3)[c-]ccc12.[Ir].[c-]1ccccc1-c1ccccn1. The van der Waals surface area contributed by atoms with Crippen molar-refractivity contribution >= 4 is 33.1 Å². The van der Waals surface area contributed by atoms with E-state index in [9.17, 15) is 0 Å². The zero-order chi connectivity index (χ0) is 30.1. The third-order valence-electron chi connectivity index (χ3n) is 7.16. The predicted octanol–water partition coefficient (Wildman–Crippen LogP) is 8.25. The first-order valence-electron chi connectivity index (χ1n) is 14.4. The summed E-state index contributed by atoms with van der Waals surface area (Å²) in [6, 6.07) is 39.9. The third-order valence-corrected chi connectivity index (χ3v) is 7.16. The van der Waals surface area contributed by atoms with Crippen LogP contribution in [0.25, 0.3) is 61.4 Å². The van der Waals surface area contributed by atoms with Gasteiger partial charge in [0.05, 0.1) is 17.6 Å². The van der Waals surface area contributed by atoms with Crippen LogP contribution in [0.15, 0.2) is 120 Å². The van der Waals surface area contributed by atoms with Crippen molar-refractivity contribution in [3.63, 3.8) is 0 Å². The fourth-order valence-electron chi connectivity index (χ4n) is 5.06. The molecule has 1 radical (unpaired) electrons. The Morgan fingerprint density at radius 1 is 0.864 bits per heavy atom. The first-order valence-corrected chi connectivity index (χ1v) is 13.9. The number of aromatic nitrogens is 6. The first kappa shape index (κ1) is 27.8. The van der Waals surface area contributed by atoms with Crippen molar-refractivity contribution in [2.24, 2.45) is 0 Å². The summed E-state index contributed by atoms with van der Waals surface area (Å²) >= 11 is 0. The maximum absolute atomic E-state index is 8.36. The maximum atomic E-state index is 8.36. The van der Waals surface area contributed by atoms with Crippen LogP contribution in [-0.2, 0) is 20.1 Å². The van der Waals surface area contributed by atoms with E-state index in [4.69, 9.17) is 10.8 Å². The smallest absolute Gasteiger partial charge is 0.194 e. The quantitative estimate of drug-likeness (QED) is 0.169. The largest absolute Gasteiger partial charge is 0.501 e. The topological polar surface area (TPSA) is 82.5 Å². The second-order valence-electron chi connectivity index (χ2n) is 10.1. The summed E-state index contributed by atoms with van der Waals surface area (Å²) in [4.78, 5) is 8.98. The molecule has 44 heavy (non-hydrogen) atoms. The molecule has 0 fully saturated rings. The number of para-hydroxylation sites is 1. The van der Waals surface area contributed by atoms with Crippen molar-refractivity contribution in [1.82, 2.24) is 29.9 Å². The zero-order valence-corrected chi connectivity index (χ0v) is 26.3. The molecule has 4 heterocycles. The molecule has 8 heteroatoms. The average Bonchev–Trinajstić information content (AvgIpc) is 3.64. The van der Waals surface area contributed by atoms with Gasteiger partial charge in [-0.3, -0.25) is 4.98 Å². The van der Waals surface area contributed by atoms with Gasteiger partial charge >= 0.3 is 0 Å². The Balaban J connectivity index is 0.000000231. The Morgan fingerprint density at radius 3 is 2.48 bits per heavy atom. The fourth-order valence-corrected chi connectivity index (χ4v) is 5.06. The van der Waals surface area contributed by atoms with Crippen molar-refractivity contribution in [3.05, 3.63) is 133 Å². The van der Waals surface area contributed by atoms with Crippen molar-refractivity contribution in [1.29, 1.82) is 0 Å². The molecule has 4 aromatic carbocycles. The fraction of sp³-hybridized carbons (Fsp3) is 0.0833. The van der Waals surface area contributed by atoms with Gasteiger partial charge in [0.15, 0.2) is 5.65 Å². The molecule has 0 aliphatic carbocycles. The normalized spacial score (nSPS) is 11.5. The number of furan rings is 1.